The SMILES string of the molecule is COc1ccc(C(Cc2ccc(Cl)cc2)C(=O)Cl)cc1. The molecule has 2 nitrogen and oxygen atoms in total. The third-order valence-corrected chi connectivity index (χ3v) is 3.66. The van der Waals surface area contributed by atoms with Crippen molar-refractivity contribution >= 4 is 28.4 Å². The monoisotopic (exact) mass is 308 g/mol. The Bertz CT molecular complexity index is 576. The number of rotatable bonds is 5. The predicted molar refractivity (Wildman–Crippen MR) is 81.8 cm³/mol. The number of ether oxygens (including phenoxy) is 1. The van der Waals surface area contributed by atoms with Gasteiger partial charge in [-0.3, -0.25) is 4.79 Å². The maximum absolute atomic E-state index is 11.7. The van der Waals surface area contributed by atoms with Crippen molar-refractivity contribution in [2.45, 2.75) is 12.3 Å². The summed E-state index contributed by atoms with van der Waals surface area (Å²) < 4.78 is 5.11. The number of methoxy groups -OCH3 is 1. The van der Waals surface area contributed by atoms with Crippen molar-refractivity contribution in [3.05, 3.63) is 64.7 Å². The molecule has 1 unspecified atom stereocenters. The van der Waals surface area contributed by atoms with E-state index in [4.69, 9.17) is 27.9 Å². The van der Waals surface area contributed by atoms with Crippen LogP contribution >= 0.6 is 23.2 Å². The molecule has 1 atom stereocenters. The van der Waals surface area contributed by atoms with E-state index in [9.17, 15) is 4.79 Å². The Labute approximate surface area is 128 Å². The van der Waals surface area contributed by atoms with Crippen LogP contribution < -0.4 is 4.74 Å². The quantitative estimate of drug-likeness (QED) is 0.763. The Morgan fingerprint density at radius 1 is 1.10 bits per heavy atom. The highest BCUT2D eigenvalue weighted by Crippen LogP contribution is 2.26. The van der Waals surface area contributed by atoms with Crippen LogP contribution in [0.1, 0.15) is 17.0 Å². The van der Waals surface area contributed by atoms with E-state index in [2.05, 4.69) is 0 Å². The highest BCUT2D eigenvalue weighted by Gasteiger charge is 2.19. The molecule has 0 radical (unpaired) electrons. The normalized spacial score (nSPS) is 11.9. The fourth-order valence-electron chi connectivity index (χ4n) is 2.02. The van der Waals surface area contributed by atoms with E-state index in [1.165, 1.54) is 0 Å². The van der Waals surface area contributed by atoms with Crippen molar-refractivity contribution in [3.8, 4) is 5.75 Å². The maximum atomic E-state index is 11.7. The lowest BCUT2D eigenvalue weighted by atomic mass is 9.93. The van der Waals surface area contributed by atoms with E-state index in [0.29, 0.717) is 11.4 Å². The second-order valence-corrected chi connectivity index (χ2v) is 5.27. The minimum atomic E-state index is -0.372. The van der Waals surface area contributed by atoms with Gasteiger partial charge in [-0.15, -0.1) is 0 Å². The van der Waals surface area contributed by atoms with E-state index >= 15 is 0 Å². The predicted octanol–water partition coefficient (Wildman–Crippen LogP) is 4.44. The summed E-state index contributed by atoms with van der Waals surface area (Å²) in [5.41, 5.74) is 1.89. The van der Waals surface area contributed by atoms with Crippen LogP contribution in [0.2, 0.25) is 5.02 Å². The lowest BCUT2D eigenvalue weighted by Gasteiger charge is -2.13. The van der Waals surface area contributed by atoms with Gasteiger partial charge in [0.05, 0.1) is 13.0 Å². The second-order valence-electron chi connectivity index (χ2n) is 4.46. The van der Waals surface area contributed by atoms with E-state index in [1.54, 1.807) is 19.2 Å². The summed E-state index contributed by atoms with van der Waals surface area (Å²) in [4.78, 5) is 11.7. The van der Waals surface area contributed by atoms with Crippen LogP contribution in [-0.4, -0.2) is 12.4 Å². The van der Waals surface area contributed by atoms with Gasteiger partial charge in [0.15, 0.2) is 0 Å². The van der Waals surface area contributed by atoms with Crippen molar-refractivity contribution in [3.63, 3.8) is 0 Å². The summed E-state index contributed by atoms with van der Waals surface area (Å²) >= 11 is 11.6. The topological polar surface area (TPSA) is 26.3 Å². The number of hydrogen-bond acceptors (Lipinski definition) is 2. The highest BCUT2D eigenvalue weighted by atomic mass is 35.5. The largest absolute Gasteiger partial charge is 0.497 e. The van der Waals surface area contributed by atoms with E-state index in [1.807, 2.05) is 36.4 Å². The molecule has 2 aromatic carbocycles. The third-order valence-electron chi connectivity index (χ3n) is 3.15. The van der Waals surface area contributed by atoms with Crippen LogP contribution in [0.3, 0.4) is 0 Å². The molecule has 0 aliphatic rings. The number of hydrogen-bond donors (Lipinski definition) is 0. The summed E-state index contributed by atoms with van der Waals surface area (Å²) in [6.07, 6.45) is 0.547. The molecule has 4 heteroatoms. The first kappa shape index (κ1) is 14.9. The van der Waals surface area contributed by atoms with E-state index in [0.717, 1.165) is 16.9 Å². The highest BCUT2D eigenvalue weighted by molar-refractivity contribution is 6.64. The first-order valence-corrected chi connectivity index (χ1v) is 6.93. The van der Waals surface area contributed by atoms with Gasteiger partial charge in [0.1, 0.15) is 5.75 Å². The molecule has 2 aromatic rings. The summed E-state index contributed by atoms with van der Waals surface area (Å²) in [6, 6.07) is 14.8. The maximum Gasteiger partial charge on any atom is 0.229 e. The fraction of sp³-hybridized carbons (Fsp3) is 0.188. The van der Waals surface area contributed by atoms with Crippen LogP contribution in [0.25, 0.3) is 0 Å². The molecule has 0 spiro atoms. The summed E-state index contributed by atoms with van der Waals surface area (Å²) in [7, 11) is 1.60. The smallest absolute Gasteiger partial charge is 0.229 e. The molecule has 0 N–H and O–H groups in total. The summed E-state index contributed by atoms with van der Waals surface area (Å²) in [5, 5.41) is 0.303. The fourth-order valence-corrected chi connectivity index (χ4v) is 2.35. The van der Waals surface area contributed by atoms with Gasteiger partial charge in [-0.2, -0.15) is 0 Å². The molecule has 0 saturated carbocycles. The van der Waals surface area contributed by atoms with Crippen LogP contribution in [0, 0.1) is 0 Å². The van der Waals surface area contributed by atoms with E-state index < -0.39 is 0 Å². The first-order chi connectivity index (χ1) is 9.60. The van der Waals surface area contributed by atoms with Gasteiger partial charge in [0, 0.05) is 5.02 Å². The van der Waals surface area contributed by atoms with Crippen LogP contribution in [0.5, 0.6) is 5.75 Å². The number of benzene rings is 2. The van der Waals surface area contributed by atoms with Crippen LogP contribution in [-0.2, 0) is 11.2 Å². The number of carbonyl (C=O) groups is 1. The molecular formula is C16H14Cl2O2. The van der Waals surface area contributed by atoms with Gasteiger partial charge < -0.3 is 4.74 Å². The lowest BCUT2D eigenvalue weighted by Crippen LogP contribution is -2.10. The molecule has 0 aliphatic carbocycles. The second kappa shape index (κ2) is 6.78. The first-order valence-electron chi connectivity index (χ1n) is 6.18. The zero-order chi connectivity index (χ0) is 14.5. The molecule has 20 heavy (non-hydrogen) atoms. The molecule has 0 bridgehead atoms. The molecule has 2 rings (SSSR count). The van der Waals surface area contributed by atoms with Gasteiger partial charge in [0.2, 0.25) is 5.24 Å². The minimum absolute atomic E-state index is 0.370. The summed E-state index contributed by atoms with van der Waals surface area (Å²) in [6.45, 7) is 0. The number of halogens is 2. The van der Waals surface area contributed by atoms with Crippen molar-refractivity contribution in [2.24, 2.45) is 0 Å². The Morgan fingerprint density at radius 3 is 2.20 bits per heavy atom. The lowest BCUT2D eigenvalue weighted by molar-refractivity contribution is -0.113. The molecule has 0 aromatic heterocycles. The van der Waals surface area contributed by atoms with Crippen molar-refractivity contribution < 1.29 is 9.53 Å². The Hall–Kier alpha value is -1.51. The molecule has 104 valence electrons. The molecule has 0 amide bonds. The van der Waals surface area contributed by atoms with Gasteiger partial charge in [-0.1, -0.05) is 35.9 Å². The zero-order valence-electron chi connectivity index (χ0n) is 11.0. The number of carbonyl (C=O) groups excluding carboxylic acids is 1. The summed E-state index contributed by atoms with van der Waals surface area (Å²) in [5.74, 6) is 0.379. The van der Waals surface area contributed by atoms with Crippen molar-refractivity contribution in [1.29, 1.82) is 0 Å². The molecular weight excluding hydrogens is 295 g/mol. The Morgan fingerprint density at radius 2 is 1.70 bits per heavy atom. The van der Waals surface area contributed by atoms with Crippen molar-refractivity contribution in [1.82, 2.24) is 0 Å². The molecule has 0 aliphatic heterocycles. The molecule has 0 heterocycles. The van der Waals surface area contributed by atoms with Gasteiger partial charge in [-0.25, -0.2) is 0 Å². The standard InChI is InChI=1S/C16H14Cl2O2/c1-20-14-8-4-12(5-9-14)15(16(18)19)10-11-2-6-13(17)7-3-11/h2-9,15H,10H2,1H3. The molecule has 0 saturated heterocycles. The minimum Gasteiger partial charge on any atom is -0.497 e. The third kappa shape index (κ3) is 3.75. The average molecular weight is 309 g/mol. The Balaban J connectivity index is 2.22. The van der Waals surface area contributed by atoms with E-state index in [-0.39, 0.29) is 11.2 Å². The van der Waals surface area contributed by atoms with Gasteiger partial charge >= 0.3 is 0 Å². The zero-order valence-corrected chi connectivity index (χ0v) is 12.5. The van der Waals surface area contributed by atoms with Gasteiger partial charge in [0.25, 0.3) is 0 Å². The van der Waals surface area contributed by atoms with Gasteiger partial charge in [-0.05, 0) is 53.4 Å². The average Bonchev–Trinajstić information content (AvgIpc) is 2.46. The van der Waals surface area contributed by atoms with Crippen molar-refractivity contribution in [2.75, 3.05) is 7.11 Å². The van der Waals surface area contributed by atoms with Crippen LogP contribution in [0.15, 0.2) is 48.5 Å². The van der Waals surface area contributed by atoms with Crippen LogP contribution in [0.4, 0.5) is 0 Å². The molecule has 0 fully saturated rings. The Kier molecular flexibility index (Phi) is 5.05.